The fourth-order valence-corrected chi connectivity index (χ4v) is 8.05. The number of ether oxygens (including phenoxy) is 1. The molecular formula is C32H35N7O7S3. The van der Waals surface area contributed by atoms with Crippen LogP contribution >= 0.6 is 22.7 Å². The molecule has 5 atom stereocenters. The van der Waals surface area contributed by atoms with Gasteiger partial charge in [0, 0.05) is 12.3 Å². The van der Waals surface area contributed by atoms with Crippen molar-refractivity contribution in [3.8, 4) is 16.5 Å². The number of carbonyl (C=O) groups is 3. The van der Waals surface area contributed by atoms with E-state index in [1.165, 1.54) is 34.0 Å². The Morgan fingerprint density at radius 1 is 1.14 bits per heavy atom. The van der Waals surface area contributed by atoms with Gasteiger partial charge in [0.25, 0.3) is 11.8 Å². The Morgan fingerprint density at radius 3 is 2.49 bits per heavy atom. The highest BCUT2D eigenvalue weighted by atomic mass is 32.2. The molecule has 6 rings (SSSR count). The van der Waals surface area contributed by atoms with Crippen LogP contribution in [0, 0.1) is 11.3 Å². The van der Waals surface area contributed by atoms with Gasteiger partial charge in [-0.2, -0.15) is 8.42 Å². The average molecular weight is 726 g/mol. The molecule has 0 spiro atoms. The molecule has 14 nitrogen and oxygen atoms in total. The number of fused-ring (bicyclic) bond motifs is 1. The molecule has 1 aromatic carbocycles. The molecule has 1 saturated carbocycles. The minimum Gasteiger partial charge on any atom is -0.471 e. The van der Waals surface area contributed by atoms with E-state index >= 15 is 0 Å². The molecule has 2 aliphatic rings. The van der Waals surface area contributed by atoms with E-state index in [9.17, 15) is 27.9 Å². The number of benzene rings is 1. The zero-order valence-electron chi connectivity index (χ0n) is 26.8. The van der Waals surface area contributed by atoms with Gasteiger partial charge in [-0.15, -0.1) is 29.3 Å². The number of hydrogen-bond acceptors (Lipinski definition) is 12. The number of nitrogens with one attached hydrogen (secondary N) is 3. The van der Waals surface area contributed by atoms with Crippen molar-refractivity contribution in [3.05, 3.63) is 66.1 Å². The maximum Gasteiger partial charge on any atom is 0.324 e. The maximum absolute atomic E-state index is 14.0. The normalized spacial score (nSPS) is 22.7. The first kappa shape index (κ1) is 34.4. The number of aliphatic hydroxyl groups is 1. The van der Waals surface area contributed by atoms with E-state index in [0.717, 1.165) is 16.2 Å². The highest BCUT2D eigenvalue weighted by molar-refractivity contribution is 7.91. The van der Waals surface area contributed by atoms with Gasteiger partial charge in [0.15, 0.2) is 0 Å². The molecule has 1 saturated heterocycles. The number of amides is 3. The summed E-state index contributed by atoms with van der Waals surface area (Å²) in [5, 5.41) is 15.8. The highest BCUT2D eigenvalue weighted by Gasteiger charge is 2.61. The number of thiophene rings is 1. The number of likely N-dealkylation sites (tertiary alicyclic amines) is 1. The SMILES string of the molecule is C=C[C@@H]1C[C@]1(NC(=O)[C@@H]1C[C@@H](Oc2nc3ccccc3nc2-c2cccs2)CN1C(=O)[C@@H](O)C(C)(C)C)C(=O)NS(=O)(=O)Nc1cncs1. The van der Waals surface area contributed by atoms with Gasteiger partial charge in [0.1, 0.15) is 34.5 Å². The third kappa shape index (κ3) is 7.15. The Hall–Kier alpha value is -4.45. The number of rotatable bonds is 11. The number of aliphatic hydroxyl groups excluding tert-OH is 1. The lowest BCUT2D eigenvalue weighted by Crippen LogP contribution is -2.58. The van der Waals surface area contributed by atoms with Gasteiger partial charge in [-0.3, -0.25) is 24.1 Å². The number of thiazole rings is 1. The molecule has 4 aromatic rings. The molecular weight excluding hydrogens is 691 g/mol. The quantitative estimate of drug-likeness (QED) is 0.167. The molecule has 1 aliphatic heterocycles. The van der Waals surface area contributed by atoms with Gasteiger partial charge in [0.2, 0.25) is 11.8 Å². The van der Waals surface area contributed by atoms with Crippen LogP contribution in [0.3, 0.4) is 0 Å². The lowest BCUT2D eigenvalue weighted by Gasteiger charge is -2.32. The molecule has 3 aromatic heterocycles. The van der Waals surface area contributed by atoms with E-state index in [1.807, 2.05) is 40.4 Å². The Balaban J connectivity index is 1.27. The Kier molecular flexibility index (Phi) is 9.21. The van der Waals surface area contributed by atoms with Crippen LogP contribution in [-0.2, 0) is 24.6 Å². The summed E-state index contributed by atoms with van der Waals surface area (Å²) in [7, 11) is -4.36. The van der Waals surface area contributed by atoms with Crippen molar-refractivity contribution in [3.63, 3.8) is 0 Å². The van der Waals surface area contributed by atoms with E-state index in [0.29, 0.717) is 16.7 Å². The van der Waals surface area contributed by atoms with Gasteiger partial charge in [-0.05, 0) is 35.4 Å². The number of nitrogens with zero attached hydrogens (tertiary/aromatic N) is 4. The number of anilines is 1. The van der Waals surface area contributed by atoms with E-state index < -0.39 is 63.1 Å². The lowest BCUT2D eigenvalue weighted by atomic mass is 9.88. The summed E-state index contributed by atoms with van der Waals surface area (Å²) >= 11 is 2.48. The summed E-state index contributed by atoms with van der Waals surface area (Å²) < 4.78 is 36.1. The standard InChI is InChI=1S/C32H35N7O7S3/c1-5-18-14-32(18,30(43)38-49(44,45)37-24-15-33-17-48-24)36-27(41)22-13-19(16-39(22)29(42)26(40)31(2,3)4)46-28-25(23-11-8-12-47-23)34-20-9-6-7-10-21(20)35-28/h5-12,15,17-19,22,26,37,40H,1,13-14,16H2,2-4H3,(H,36,41)(H,38,43)/t18-,19-,22+,26-,32-/m1/s1. The summed E-state index contributed by atoms with van der Waals surface area (Å²) in [6, 6.07) is 9.93. The van der Waals surface area contributed by atoms with Crippen LogP contribution in [0.25, 0.3) is 21.6 Å². The van der Waals surface area contributed by atoms with Crippen LogP contribution in [0.5, 0.6) is 5.88 Å². The van der Waals surface area contributed by atoms with Crippen molar-refractivity contribution >= 4 is 66.6 Å². The van der Waals surface area contributed by atoms with Crippen LogP contribution < -0.4 is 19.5 Å². The molecule has 1 aliphatic carbocycles. The molecule has 0 unspecified atom stereocenters. The van der Waals surface area contributed by atoms with E-state index in [-0.39, 0.29) is 30.3 Å². The number of para-hydroxylation sites is 2. The van der Waals surface area contributed by atoms with Crippen molar-refractivity contribution in [2.75, 3.05) is 11.3 Å². The second kappa shape index (κ2) is 13.1. The summed E-state index contributed by atoms with van der Waals surface area (Å²) in [6.07, 6.45) is 0.634. The van der Waals surface area contributed by atoms with Crippen molar-refractivity contribution in [2.24, 2.45) is 11.3 Å². The van der Waals surface area contributed by atoms with Crippen LogP contribution in [-0.4, -0.2) is 81.4 Å². The molecule has 0 bridgehead atoms. The fourth-order valence-electron chi connectivity index (χ4n) is 5.67. The summed E-state index contributed by atoms with van der Waals surface area (Å²) in [5.41, 5.74) is 0.712. The lowest BCUT2D eigenvalue weighted by molar-refractivity contribution is -0.150. The van der Waals surface area contributed by atoms with Crippen molar-refractivity contribution in [2.45, 2.75) is 57.4 Å². The van der Waals surface area contributed by atoms with Crippen LogP contribution in [0.4, 0.5) is 5.00 Å². The predicted molar refractivity (Wildman–Crippen MR) is 185 cm³/mol. The summed E-state index contributed by atoms with van der Waals surface area (Å²) in [5.74, 6) is -2.72. The van der Waals surface area contributed by atoms with Gasteiger partial charge >= 0.3 is 10.2 Å². The summed E-state index contributed by atoms with van der Waals surface area (Å²) in [4.78, 5) is 56.6. The van der Waals surface area contributed by atoms with E-state index in [2.05, 4.69) is 21.6 Å². The predicted octanol–water partition coefficient (Wildman–Crippen LogP) is 3.10. The number of carbonyl (C=O) groups excluding carboxylic acids is 3. The Bertz CT molecular complexity index is 2000. The molecule has 49 heavy (non-hydrogen) atoms. The van der Waals surface area contributed by atoms with Crippen LogP contribution in [0.2, 0.25) is 0 Å². The van der Waals surface area contributed by atoms with Crippen LogP contribution in [0.1, 0.15) is 33.6 Å². The molecule has 3 amide bonds. The first-order chi connectivity index (χ1) is 23.2. The molecule has 258 valence electrons. The van der Waals surface area contributed by atoms with Crippen molar-refractivity contribution < 1.29 is 32.6 Å². The Morgan fingerprint density at radius 2 is 1.88 bits per heavy atom. The van der Waals surface area contributed by atoms with E-state index in [4.69, 9.17) is 14.7 Å². The molecule has 17 heteroatoms. The van der Waals surface area contributed by atoms with Gasteiger partial charge < -0.3 is 20.1 Å². The minimum absolute atomic E-state index is 0.00545. The third-order valence-corrected chi connectivity index (χ3v) is 11.1. The fraction of sp³-hybridized carbons (Fsp3) is 0.375. The van der Waals surface area contributed by atoms with Gasteiger partial charge in [-0.25, -0.2) is 14.7 Å². The van der Waals surface area contributed by atoms with Gasteiger partial charge in [0.05, 0.1) is 34.2 Å². The van der Waals surface area contributed by atoms with Crippen molar-refractivity contribution in [1.29, 1.82) is 0 Å². The molecule has 4 heterocycles. The van der Waals surface area contributed by atoms with Crippen molar-refractivity contribution in [1.82, 2.24) is 29.9 Å². The first-order valence-electron chi connectivity index (χ1n) is 15.3. The minimum atomic E-state index is -4.36. The Labute approximate surface area is 290 Å². The number of aromatic nitrogens is 3. The molecule has 4 N–H and O–H groups in total. The average Bonchev–Trinajstić information content (AvgIpc) is 3.53. The smallest absolute Gasteiger partial charge is 0.324 e. The number of hydrogen-bond donors (Lipinski definition) is 4. The second-order valence-electron chi connectivity index (χ2n) is 13.0. The first-order valence-corrected chi connectivity index (χ1v) is 18.6. The molecule has 2 fully saturated rings. The zero-order chi connectivity index (χ0) is 35.1. The largest absolute Gasteiger partial charge is 0.471 e. The highest BCUT2D eigenvalue weighted by Crippen LogP contribution is 2.45. The molecule has 0 radical (unpaired) electrons. The topological polar surface area (TPSA) is 193 Å². The second-order valence-corrected chi connectivity index (χ2v) is 16.3. The third-order valence-electron chi connectivity index (χ3n) is 8.42. The summed E-state index contributed by atoms with van der Waals surface area (Å²) in [6.45, 7) is 8.76. The van der Waals surface area contributed by atoms with Crippen LogP contribution in [0.15, 0.2) is 66.1 Å². The monoisotopic (exact) mass is 725 g/mol. The maximum atomic E-state index is 14.0. The van der Waals surface area contributed by atoms with Gasteiger partial charge in [-0.1, -0.05) is 45.0 Å². The zero-order valence-corrected chi connectivity index (χ0v) is 29.3. The van der Waals surface area contributed by atoms with E-state index in [1.54, 1.807) is 26.8 Å².